The first-order valence-corrected chi connectivity index (χ1v) is 22.4. The predicted octanol–water partition coefficient (Wildman–Crippen LogP) is 9.59. The Morgan fingerprint density at radius 1 is 0.657 bits per heavy atom. The third-order valence-corrected chi connectivity index (χ3v) is 11.3. The first-order chi connectivity index (χ1) is 31.5. The van der Waals surface area contributed by atoms with Gasteiger partial charge in [0.1, 0.15) is 17.2 Å². The van der Waals surface area contributed by atoms with Crippen LogP contribution in [0, 0.1) is 11.6 Å². The van der Waals surface area contributed by atoms with Crippen LogP contribution >= 0.6 is 0 Å². The smallest absolute Gasteiger partial charge is 0.308 e. The van der Waals surface area contributed by atoms with Crippen LogP contribution in [0.25, 0.3) is 56.2 Å². The van der Waals surface area contributed by atoms with Crippen molar-refractivity contribution in [3.8, 4) is 22.3 Å². The number of aliphatic hydroxyl groups excluding tert-OH is 4. The zero-order valence-corrected chi connectivity index (χ0v) is 37.2. The highest BCUT2D eigenvalue weighted by molar-refractivity contribution is 6.00. The molecule has 0 radical (unpaired) electrons. The summed E-state index contributed by atoms with van der Waals surface area (Å²) in [5.41, 5.74) is 8.27. The number of fused-ring (bicyclic) bond motifs is 2. The van der Waals surface area contributed by atoms with Crippen molar-refractivity contribution >= 4 is 45.9 Å². The van der Waals surface area contributed by atoms with Gasteiger partial charge in [0.05, 0.1) is 53.3 Å². The molecular weight excluding hydrogens is 855 g/mol. The van der Waals surface area contributed by atoms with E-state index in [4.69, 9.17) is 14.7 Å². The molecule has 10 nitrogen and oxygen atoms in total. The number of hydrogen-bond acceptors (Lipinski definition) is 10. The number of carbonyl (C=O) groups excluding carboxylic acids is 2. The van der Waals surface area contributed by atoms with E-state index in [9.17, 15) is 43.9 Å². The van der Waals surface area contributed by atoms with Gasteiger partial charge in [-0.1, -0.05) is 92.4 Å². The first-order valence-electron chi connectivity index (χ1n) is 22.4. The van der Waals surface area contributed by atoms with Gasteiger partial charge in [-0.3, -0.25) is 14.8 Å². The second-order valence-corrected chi connectivity index (χ2v) is 18.2. The lowest BCUT2D eigenvalue weighted by Gasteiger charge is -2.21. The molecule has 0 saturated heterocycles. The fourth-order valence-electron chi connectivity index (χ4n) is 8.08. The maximum Gasteiger partial charge on any atom is 0.308 e. The molecule has 0 spiro atoms. The second kappa shape index (κ2) is 22.1. The Labute approximate surface area is 390 Å². The summed E-state index contributed by atoms with van der Waals surface area (Å²) >= 11 is 0. The Balaban J connectivity index is 0.000000219. The number of ether oxygens (including phenoxy) is 1. The lowest BCUT2D eigenvalue weighted by atomic mass is 9.92. The van der Waals surface area contributed by atoms with Gasteiger partial charge in [-0.25, -0.2) is 8.78 Å². The first kappa shape index (κ1) is 50.2. The van der Waals surface area contributed by atoms with Gasteiger partial charge in [0.2, 0.25) is 0 Å². The molecule has 2 aliphatic rings. The van der Waals surface area contributed by atoms with Crippen LogP contribution in [0.4, 0.5) is 8.78 Å². The molecule has 4 atom stereocenters. The van der Waals surface area contributed by atoms with Crippen LogP contribution in [0.5, 0.6) is 0 Å². The van der Waals surface area contributed by atoms with Crippen LogP contribution in [0.3, 0.4) is 0 Å². The highest BCUT2D eigenvalue weighted by atomic mass is 19.1. The van der Waals surface area contributed by atoms with Crippen molar-refractivity contribution in [2.45, 2.75) is 121 Å². The fraction of sp³-hybridized carbons (Fsp3) is 0.345. The van der Waals surface area contributed by atoms with Gasteiger partial charge < -0.3 is 35.1 Å². The molecule has 2 aliphatic carbocycles. The summed E-state index contributed by atoms with van der Waals surface area (Å²) in [6, 6.07) is 28.3. The van der Waals surface area contributed by atoms with Gasteiger partial charge in [0.15, 0.2) is 0 Å². The molecule has 352 valence electrons. The maximum absolute atomic E-state index is 13.7. The van der Waals surface area contributed by atoms with E-state index in [1.165, 1.54) is 24.3 Å². The highest BCUT2D eigenvalue weighted by Crippen LogP contribution is 2.47. The lowest BCUT2D eigenvalue weighted by molar-refractivity contribution is -0.307. The molecule has 6 aromatic rings. The Morgan fingerprint density at radius 3 is 1.42 bits per heavy atom. The number of nitrogens with zero attached hydrogens (tertiary/aromatic N) is 2. The number of hydrogen-bond donors (Lipinski definition) is 4. The molecule has 2 aromatic heterocycles. The number of carboxylic acids is 1. The van der Waals surface area contributed by atoms with E-state index < -0.39 is 48.4 Å². The summed E-state index contributed by atoms with van der Waals surface area (Å²) in [5, 5.41) is 53.5. The minimum atomic E-state index is -1.36. The molecule has 67 heavy (non-hydrogen) atoms. The van der Waals surface area contributed by atoms with Crippen LogP contribution in [0.15, 0.2) is 109 Å². The topological polar surface area (TPSA) is 173 Å². The van der Waals surface area contributed by atoms with Crippen LogP contribution in [0.1, 0.15) is 114 Å². The van der Waals surface area contributed by atoms with Crippen molar-refractivity contribution < 1.29 is 48.6 Å². The molecule has 12 heteroatoms. The summed E-state index contributed by atoms with van der Waals surface area (Å²) in [5.74, 6) is -1.83. The van der Waals surface area contributed by atoms with Crippen molar-refractivity contribution in [1.29, 1.82) is 0 Å². The van der Waals surface area contributed by atoms with Gasteiger partial charge in [-0.2, -0.15) is 0 Å². The molecule has 8 rings (SSSR count). The number of aliphatic hydroxyl groups is 4. The van der Waals surface area contributed by atoms with E-state index in [1.54, 1.807) is 63.3 Å². The van der Waals surface area contributed by atoms with Crippen LogP contribution in [0.2, 0.25) is 0 Å². The zero-order chi connectivity index (χ0) is 47.1. The monoisotopic (exact) mass is 913 g/mol. The van der Waals surface area contributed by atoms with E-state index in [2.05, 4.69) is 0 Å². The molecule has 2 fully saturated rings. The summed E-state index contributed by atoms with van der Waals surface area (Å²) in [7, 11) is 0. The molecule has 0 aliphatic heterocycles. The molecule has 4 aromatic carbocycles. The highest BCUT2D eigenvalue weighted by Gasteiger charge is 2.31. The largest absolute Gasteiger partial charge is 0.550 e. The van der Waals surface area contributed by atoms with Gasteiger partial charge in [0, 0.05) is 70.1 Å². The Hall–Kier alpha value is -6.18. The van der Waals surface area contributed by atoms with Crippen molar-refractivity contribution in [1.82, 2.24) is 9.97 Å². The number of pyridine rings is 2. The van der Waals surface area contributed by atoms with E-state index in [0.717, 1.165) is 92.3 Å². The van der Waals surface area contributed by atoms with E-state index in [0.29, 0.717) is 11.8 Å². The number of halogens is 2. The van der Waals surface area contributed by atoms with E-state index >= 15 is 0 Å². The van der Waals surface area contributed by atoms with Crippen LogP contribution < -0.4 is 5.11 Å². The van der Waals surface area contributed by atoms with Crippen molar-refractivity contribution in [3.63, 3.8) is 0 Å². The average molecular weight is 914 g/mol. The van der Waals surface area contributed by atoms with Gasteiger partial charge >= 0.3 is 5.97 Å². The third-order valence-electron chi connectivity index (χ3n) is 11.3. The predicted molar refractivity (Wildman–Crippen MR) is 256 cm³/mol. The number of esters is 1. The summed E-state index contributed by atoms with van der Waals surface area (Å²) in [6.07, 6.45) is 5.90. The number of carboxylic acid groups (broad SMARTS) is 1. The Bertz CT molecular complexity index is 2720. The molecular formula is C55H59F2N2O8-. The van der Waals surface area contributed by atoms with Crippen LogP contribution in [-0.2, 0) is 14.3 Å². The fourth-order valence-corrected chi connectivity index (χ4v) is 8.08. The SMILES string of the molecule is C.CC(C)(C)OC(=O)C[C@H](O)C[C@H](O)/C=C/c1c(C2CC2)nc2ccccc2c1-c1ccc(F)cc1.O=C([O-])C[C@H](O)C[C@H](O)/C=C/c1c(C2CC2)nc2ccccc2c1-c1ccc(F)cc1. The summed E-state index contributed by atoms with van der Waals surface area (Å²) in [4.78, 5) is 32.4. The lowest BCUT2D eigenvalue weighted by Crippen LogP contribution is -2.29. The molecule has 0 bridgehead atoms. The van der Waals surface area contributed by atoms with Gasteiger partial charge in [-0.15, -0.1) is 0 Å². The minimum Gasteiger partial charge on any atom is -0.550 e. The van der Waals surface area contributed by atoms with Crippen molar-refractivity contribution in [2.75, 3.05) is 0 Å². The van der Waals surface area contributed by atoms with Crippen molar-refractivity contribution in [3.05, 3.63) is 143 Å². The van der Waals surface area contributed by atoms with Crippen molar-refractivity contribution in [2.24, 2.45) is 0 Å². The molecule has 4 N–H and O–H groups in total. The van der Waals surface area contributed by atoms with E-state index in [1.807, 2.05) is 54.6 Å². The summed E-state index contributed by atoms with van der Waals surface area (Å²) < 4.78 is 32.5. The summed E-state index contributed by atoms with van der Waals surface area (Å²) in [6.45, 7) is 5.30. The molecule has 2 saturated carbocycles. The number of carbonyl (C=O) groups is 2. The van der Waals surface area contributed by atoms with Gasteiger partial charge in [-0.05, 0) is 94.0 Å². The molecule has 0 unspecified atom stereocenters. The second-order valence-electron chi connectivity index (χ2n) is 18.2. The molecule has 0 amide bonds. The molecule has 2 heterocycles. The van der Waals surface area contributed by atoms with E-state index in [-0.39, 0.29) is 38.3 Å². The quantitative estimate of drug-likeness (QED) is 0.0685. The third kappa shape index (κ3) is 13.7. The Morgan fingerprint density at radius 2 is 1.04 bits per heavy atom. The standard InChI is InChI=1S/C29H32FNO4.C25H24FNO4.CH4/c1-29(2,3)35-26(34)17-22(33)16-21(32)14-15-24-27(18-10-12-20(30)13-11-18)23-6-4-5-7-25(23)31-28(24)19-8-9-19;26-17-9-7-15(8-10-17)24-20-3-1-2-4-22(20)27-25(16-5-6-16)21(24)12-11-18(28)13-19(29)14-23(30)31;/h4-7,10-15,19,21-22,32-33H,8-9,16-17H2,1-3H3;1-4,7-12,16,18-19,28-29H,5-6,13-14H2,(H,30,31);1H4/p-1/b15-14+;12-11+;/t21-,22-;18-,19-;/m11./s1. The van der Waals surface area contributed by atoms with Crippen LogP contribution in [-0.4, -0.2) is 72.3 Å². The van der Waals surface area contributed by atoms with Gasteiger partial charge in [0.25, 0.3) is 0 Å². The number of aliphatic carboxylic acids is 1. The average Bonchev–Trinajstić information content (AvgIpc) is 4.19. The number of rotatable bonds is 16. The number of benzene rings is 4. The normalized spacial score (nSPS) is 15.7. The Kier molecular flexibility index (Phi) is 16.6. The zero-order valence-electron chi connectivity index (χ0n) is 37.2. The number of aromatic nitrogens is 2. The number of para-hydroxylation sites is 2. The maximum atomic E-state index is 13.7. The minimum absolute atomic E-state index is 0.